The van der Waals surface area contributed by atoms with E-state index in [-0.39, 0.29) is 11.8 Å². The van der Waals surface area contributed by atoms with E-state index >= 15 is 0 Å². The number of rotatable bonds is 4. The predicted molar refractivity (Wildman–Crippen MR) is 75.3 cm³/mol. The van der Waals surface area contributed by atoms with Crippen LogP contribution in [-0.4, -0.2) is 27.0 Å². The third kappa shape index (κ3) is 2.64. The van der Waals surface area contributed by atoms with Crippen molar-refractivity contribution in [2.24, 2.45) is 0 Å². The maximum absolute atomic E-state index is 13.6. The summed E-state index contributed by atoms with van der Waals surface area (Å²) in [6.45, 7) is 0. The highest BCUT2D eigenvalue weighted by Crippen LogP contribution is 2.19. The Morgan fingerprint density at radius 1 is 1.05 bits per heavy atom. The summed E-state index contributed by atoms with van der Waals surface area (Å²) in [5.41, 5.74) is 6.23. The molecule has 0 saturated carbocycles. The summed E-state index contributed by atoms with van der Waals surface area (Å²) in [7, 11) is 1.41. The minimum atomic E-state index is -0.610. The molecule has 2 aromatic heterocycles. The first kappa shape index (κ1) is 13.0. The molecule has 8 heteroatoms. The number of para-hydroxylation sites is 1. The van der Waals surface area contributed by atoms with Crippen LogP contribution in [0, 0.1) is 5.82 Å². The Kier molecular flexibility index (Phi) is 3.42. The summed E-state index contributed by atoms with van der Waals surface area (Å²) >= 11 is 0. The van der Waals surface area contributed by atoms with Gasteiger partial charge in [-0.25, -0.2) is 19.3 Å². The summed E-state index contributed by atoms with van der Waals surface area (Å²) in [6, 6.07) is 7.52. The molecule has 0 spiro atoms. The Morgan fingerprint density at radius 3 is 2.71 bits per heavy atom. The van der Waals surface area contributed by atoms with E-state index in [1.807, 2.05) is 24.3 Å². The molecule has 106 valence electrons. The zero-order valence-electron chi connectivity index (χ0n) is 11.0. The van der Waals surface area contributed by atoms with Crippen LogP contribution in [0.4, 0.5) is 16.0 Å². The highest BCUT2D eigenvalue weighted by atomic mass is 19.1. The van der Waals surface area contributed by atoms with Crippen LogP contribution in [0.1, 0.15) is 0 Å². The van der Waals surface area contributed by atoms with E-state index in [4.69, 9.17) is 4.74 Å². The zero-order chi connectivity index (χ0) is 14.7. The van der Waals surface area contributed by atoms with E-state index in [9.17, 15) is 4.39 Å². The van der Waals surface area contributed by atoms with Gasteiger partial charge in [-0.05, 0) is 12.1 Å². The van der Waals surface area contributed by atoms with E-state index in [1.54, 1.807) is 0 Å². The maximum atomic E-state index is 13.6. The summed E-state index contributed by atoms with van der Waals surface area (Å²) in [4.78, 5) is 15.8. The van der Waals surface area contributed by atoms with Crippen LogP contribution in [0.25, 0.3) is 10.9 Å². The van der Waals surface area contributed by atoms with Crippen LogP contribution >= 0.6 is 0 Å². The van der Waals surface area contributed by atoms with Gasteiger partial charge < -0.3 is 4.74 Å². The first-order valence-corrected chi connectivity index (χ1v) is 6.06. The van der Waals surface area contributed by atoms with Gasteiger partial charge in [0.25, 0.3) is 0 Å². The van der Waals surface area contributed by atoms with E-state index < -0.39 is 5.82 Å². The zero-order valence-corrected chi connectivity index (χ0v) is 11.0. The first-order chi connectivity index (χ1) is 10.3. The van der Waals surface area contributed by atoms with Crippen LogP contribution < -0.4 is 15.6 Å². The fraction of sp³-hybridized carbons (Fsp3) is 0.0769. The van der Waals surface area contributed by atoms with Crippen molar-refractivity contribution in [2.75, 3.05) is 18.0 Å². The molecule has 21 heavy (non-hydrogen) atoms. The SMILES string of the molecule is COc1ncc(F)c(NNc2ncnc3ccccc23)n1. The molecule has 0 aliphatic heterocycles. The molecule has 2 N–H and O–H groups in total. The smallest absolute Gasteiger partial charge is 0.318 e. The van der Waals surface area contributed by atoms with Crippen molar-refractivity contribution in [2.45, 2.75) is 0 Å². The largest absolute Gasteiger partial charge is 0.467 e. The molecular weight excluding hydrogens is 275 g/mol. The van der Waals surface area contributed by atoms with Crippen molar-refractivity contribution >= 4 is 22.5 Å². The standard InChI is InChI=1S/C13H11FN6O/c1-21-13-15-6-9(14)12(18-13)20-19-11-8-4-2-3-5-10(8)16-7-17-11/h2-7H,1H3,(H,15,18,20)(H,16,17,19). The second-order valence-corrected chi connectivity index (χ2v) is 4.04. The van der Waals surface area contributed by atoms with Crippen molar-refractivity contribution in [3.8, 4) is 6.01 Å². The number of halogens is 1. The number of hydrogen-bond acceptors (Lipinski definition) is 7. The fourth-order valence-corrected chi connectivity index (χ4v) is 1.76. The van der Waals surface area contributed by atoms with Crippen LogP contribution in [0.15, 0.2) is 36.8 Å². The van der Waals surface area contributed by atoms with Crippen molar-refractivity contribution in [1.82, 2.24) is 19.9 Å². The van der Waals surface area contributed by atoms with Crippen molar-refractivity contribution in [3.05, 3.63) is 42.6 Å². The molecule has 0 fully saturated rings. The Balaban J connectivity index is 1.87. The molecular formula is C13H11FN6O. The number of aromatic nitrogens is 4. The lowest BCUT2D eigenvalue weighted by molar-refractivity contribution is 0.377. The lowest BCUT2D eigenvalue weighted by atomic mass is 10.2. The van der Waals surface area contributed by atoms with Crippen LogP contribution in [-0.2, 0) is 0 Å². The third-order valence-electron chi connectivity index (χ3n) is 2.75. The predicted octanol–water partition coefficient (Wildman–Crippen LogP) is 2.01. The van der Waals surface area contributed by atoms with Gasteiger partial charge in [-0.3, -0.25) is 10.9 Å². The lowest BCUT2D eigenvalue weighted by Gasteiger charge is -2.10. The van der Waals surface area contributed by atoms with Gasteiger partial charge in [-0.2, -0.15) is 4.98 Å². The maximum Gasteiger partial charge on any atom is 0.318 e. The highest BCUT2D eigenvalue weighted by molar-refractivity contribution is 5.88. The molecule has 3 rings (SSSR count). The number of hydrazine groups is 1. The van der Waals surface area contributed by atoms with Crippen molar-refractivity contribution in [1.29, 1.82) is 0 Å². The summed E-state index contributed by atoms with van der Waals surface area (Å²) in [5.74, 6) is -0.135. The summed E-state index contributed by atoms with van der Waals surface area (Å²) in [5, 5.41) is 0.800. The third-order valence-corrected chi connectivity index (χ3v) is 2.75. The van der Waals surface area contributed by atoms with Crippen LogP contribution in [0.3, 0.4) is 0 Å². The number of hydrogen-bond donors (Lipinski definition) is 2. The Labute approximate surface area is 119 Å². The molecule has 0 aliphatic rings. The van der Waals surface area contributed by atoms with Gasteiger partial charge in [0.1, 0.15) is 6.33 Å². The van der Waals surface area contributed by atoms with Crippen molar-refractivity contribution < 1.29 is 9.13 Å². The molecule has 1 aromatic carbocycles. The monoisotopic (exact) mass is 286 g/mol. The topological polar surface area (TPSA) is 84.9 Å². The molecule has 0 atom stereocenters. The molecule has 2 heterocycles. The Bertz CT molecular complexity index is 776. The molecule has 0 aliphatic carbocycles. The van der Waals surface area contributed by atoms with Gasteiger partial charge in [0.15, 0.2) is 17.5 Å². The molecule has 0 unspecified atom stereocenters. The molecule has 0 amide bonds. The highest BCUT2D eigenvalue weighted by Gasteiger charge is 2.08. The van der Waals surface area contributed by atoms with Gasteiger partial charge in [0.05, 0.1) is 18.8 Å². The number of fused-ring (bicyclic) bond motifs is 1. The van der Waals surface area contributed by atoms with Gasteiger partial charge in [0, 0.05) is 5.39 Å². The van der Waals surface area contributed by atoms with Crippen LogP contribution in [0.5, 0.6) is 6.01 Å². The number of nitrogens with zero attached hydrogens (tertiary/aromatic N) is 4. The molecule has 0 bridgehead atoms. The number of ether oxygens (including phenoxy) is 1. The molecule has 0 saturated heterocycles. The second kappa shape index (κ2) is 5.53. The first-order valence-electron chi connectivity index (χ1n) is 6.06. The van der Waals surface area contributed by atoms with E-state index in [0.717, 1.165) is 17.1 Å². The minimum Gasteiger partial charge on any atom is -0.467 e. The van der Waals surface area contributed by atoms with E-state index in [0.29, 0.717) is 5.82 Å². The van der Waals surface area contributed by atoms with Gasteiger partial charge in [0.2, 0.25) is 0 Å². The number of anilines is 2. The molecule has 3 aromatic rings. The minimum absolute atomic E-state index is 0.0375. The number of benzene rings is 1. The normalized spacial score (nSPS) is 10.4. The van der Waals surface area contributed by atoms with Gasteiger partial charge >= 0.3 is 6.01 Å². The summed E-state index contributed by atoms with van der Waals surface area (Å²) in [6.07, 6.45) is 2.44. The van der Waals surface area contributed by atoms with Crippen LogP contribution in [0.2, 0.25) is 0 Å². The average molecular weight is 286 g/mol. The second-order valence-electron chi connectivity index (χ2n) is 4.04. The average Bonchev–Trinajstić information content (AvgIpc) is 2.54. The number of nitrogens with one attached hydrogen (secondary N) is 2. The van der Waals surface area contributed by atoms with Crippen molar-refractivity contribution in [3.63, 3.8) is 0 Å². The van der Waals surface area contributed by atoms with Gasteiger partial charge in [-0.15, -0.1) is 0 Å². The van der Waals surface area contributed by atoms with E-state index in [1.165, 1.54) is 13.4 Å². The lowest BCUT2D eigenvalue weighted by Crippen LogP contribution is -2.14. The Hall–Kier alpha value is -3.03. The molecule has 7 nitrogen and oxygen atoms in total. The summed E-state index contributed by atoms with van der Waals surface area (Å²) < 4.78 is 18.5. The van der Waals surface area contributed by atoms with Gasteiger partial charge in [-0.1, -0.05) is 12.1 Å². The molecule has 0 radical (unpaired) electrons. The fourth-order valence-electron chi connectivity index (χ4n) is 1.76. The number of methoxy groups -OCH3 is 1. The quantitative estimate of drug-likeness (QED) is 0.709. The van der Waals surface area contributed by atoms with E-state index in [2.05, 4.69) is 30.8 Å². The Morgan fingerprint density at radius 2 is 1.86 bits per heavy atom.